The van der Waals surface area contributed by atoms with Gasteiger partial charge in [-0.05, 0) is 49.0 Å². The topological polar surface area (TPSA) is 26.3 Å². The number of carbonyl (C=O) groups is 1. The lowest BCUT2D eigenvalue weighted by Gasteiger charge is -2.11. The number of rotatable bonds is 4. The van der Waals surface area contributed by atoms with Crippen molar-refractivity contribution in [2.75, 3.05) is 7.11 Å². The number of Topliss-reactive ketones (excluding diaryl/α,β-unsaturated/α-hetero) is 1. The quantitative estimate of drug-likeness (QED) is 0.813. The second-order valence-corrected chi connectivity index (χ2v) is 5.13. The molecular weight excluding hydrogens is 236 g/mol. The van der Waals surface area contributed by atoms with Crippen LogP contribution >= 0.6 is 0 Å². The number of ether oxygens (including phenoxy) is 1. The van der Waals surface area contributed by atoms with Crippen LogP contribution in [0.1, 0.15) is 44.1 Å². The van der Waals surface area contributed by atoms with Gasteiger partial charge in [-0.15, -0.1) is 0 Å². The van der Waals surface area contributed by atoms with Gasteiger partial charge in [0.15, 0.2) is 5.78 Å². The van der Waals surface area contributed by atoms with E-state index in [1.165, 1.54) is 19.3 Å². The smallest absolute Gasteiger partial charge is 0.162 e. The molecule has 0 saturated carbocycles. The van der Waals surface area contributed by atoms with E-state index in [0.29, 0.717) is 6.42 Å². The van der Waals surface area contributed by atoms with Gasteiger partial charge in [0.1, 0.15) is 5.75 Å². The minimum Gasteiger partial charge on any atom is -0.497 e. The zero-order valence-corrected chi connectivity index (χ0v) is 11.7. The van der Waals surface area contributed by atoms with E-state index in [2.05, 4.69) is 6.08 Å². The van der Waals surface area contributed by atoms with Crippen LogP contribution in [0.15, 0.2) is 35.9 Å². The van der Waals surface area contributed by atoms with E-state index >= 15 is 0 Å². The van der Waals surface area contributed by atoms with Gasteiger partial charge in [0.25, 0.3) is 0 Å². The first-order valence-electron chi connectivity index (χ1n) is 7.15. The molecule has 0 radical (unpaired) electrons. The maximum absolute atomic E-state index is 12.3. The van der Waals surface area contributed by atoms with Gasteiger partial charge in [0.05, 0.1) is 7.11 Å². The summed E-state index contributed by atoms with van der Waals surface area (Å²) >= 11 is 0. The molecule has 0 atom stereocenters. The molecule has 1 aromatic carbocycles. The summed E-state index contributed by atoms with van der Waals surface area (Å²) in [6.07, 6.45) is 9.57. The van der Waals surface area contributed by atoms with Gasteiger partial charge in [0.2, 0.25) is 0 Å². The average molecular weight is 258 g/mol. The van der Waals surface area contributed by atoms with Crippen molar-refractivity contribution in [1.82, 2.24) is 0 Å². The largest absolute Gasteiger partial charge is 0.497 e. The van der Waals surface area contributed by atoms with Crippen molar-refractivity contribution in [2.45, 2.75) is 44.9 Å². The molecule has 0 N–H and O–H groups in total. The van der Waals surface area contributed by atoms with E-state index < -0.39 is 0 Å². The van der Waals surface area contributed by atoms with Crippen LogP contribution in [-0.4, -0.2) is 12.9 Å². The highest BCUT2D eigenvalue weighted by atomic mass is 16.5. The van der Waals surface area contributed by atoms with Crippen LogP contribution in [0.3, 0.4) is 0 Å². The Morgan fingerprint density at radius 2 is 2.05 bits per heavy atom. The molecule has 0 aromatic heterocycles. The zero-order valence-electron chi connectivity index (χ0n) is 11.7. The second kappa shape index (κ2) is 7.13. The first kappa shape index (κ1) is 13.9. The first-order chi connectivity index (χ1) is 9.29. The fourth-order valence-corrected chi connectivity index (χ4v) is 2.53. The molecule has 2 heteroatoms. The third-order valence-electron chi connectivity index (χ3n) is 3.65. The van der Waals surface area contributed by atoms with Crippen LogP contribution in [0.5, 0.6) is 5.75 Å². The number of benzene rings is 1. The number of ketones is 1. The third-order valence-corrected chi connectivity index (χ3v) is 3.65. The lowest BCUT2D eigenvalue weighted by molar-refractivity contribution is -0.115. The number of hydrogen-bond donors (Lipinski definition) is 0. The third kappa shape index (κ3) is 4.23. The van der Waals surface area contributed by atoms with Crippen LogP contribution in [0, 0.1) is 0 Å². The summed E-state index contributed by atoms with van der Waals surface area (Å²) in [4.78, 5) is 12.3. The normalized spacial score (nSPS) is 18.9. The van der Waals surface area contributed by atoms with Gasteiger partial charge in [-0.25, -0.2) is 0 Å². The van der Waals surface area contributed by atoms with E-state index in [1.807, 2.05) is 24.3 Å². The Kier molecular flexibility index (Phi) is 5.20. The predicted molar refractivity (Wildman–Crippen MR) is 77.5 cm³/mol. The fraction of sp³-hybridized carbons (Fsp3) is 0.471. The summed E-state index contributed by atoms with van der Waals surface area (Å²) in [5.74, 6) is 1.09. The SMILES string of the molecule is COc1cccc(CC(=O)/C2=C/CCCCCC2)c1. The van der Waals surface area contributed by atoms with Crippen LogP contribution < -0.4 is 4.74 Å². The van der Waals surface area contributed by atoms with E-state index in [4.69, 9.17) is 4.74 Å². The average Bonchev–Trinajstić information content (AvgIpc) is 2.38. The molecule has 1 aliphatic carbocycles. The van der Waals surface area contributed by atoms with Crippen molar-refractivity contribution in [1.29, 1.82) is 0 Å². The Morgan fingerprint density at radius 1 is 1.21 bits per heavy atom. The highest BCUT2D eigenvalue weighted by Gasteiger charge is 2.12. The number of hydrogen-bond acceptors (Lipinski definition) is 2. The fourth-order valence-electron chi connectivity index (χ4n) is 2.53. The van der Waals surface area contributed by atoms with E-state index in [1.54, 1.807) is 7.11 Å². The monoisotopic (exact) mass is 258 g/mol. The Morgan fingerprint density at radius 3 is 2.89 bits per heavy atom. The molecule has 0 bridgehead atoms. The lowest BCUT2D eigenvalue weighted by Crippen LogP contribution is -2.08. The zero-order chi connectivity index (χ0) is 13.5. The summed E-state index contributed by atoms with van der Waals surface area (Å²) in [6, 6.07) is 7.78. The van der Waals surface area contributed by atoms with Gasteiger partial charge >= 0.3 is 0 Å². The molecule has 0 aliphatic heterocycles. The van der Waals surface area contributed by atoms with Crippen molar-refractivity contribution in [3.8, 4) is 5.75 Å². The summed E-state index contributed by atoms with van der Waals surface area (Å²) in [6.45, 7) is 0. The first-order valence-corrected chi connectivity index (χ1v) is 7.15. The van der Waals surface area contributed by atoms with Crippen molar-refractivity contribution in [3.63, 3.8) is 0 Å². The van der Waals surface area contributed by atoms with Crippen LogP contribution in [0.2, 0.25) is 0 Å². The maximum atomic E-state index is 12.3. The molecule has 0 saturated heterocycles. The summed E-state index contributed by atoms with van der Waals surface area (Å²) in [7, 11) is 1.65. The molecule has 1 aliphatic rings. The molecule has 102 valence electrons. The van der Waals surface area contributed by atoms with Gasteiger partial charge in [0, 0.05) is 6.42 Å². The van der Waals surface area contributed by atoms with Crippen molar-refractivity contribution in [2.24, 2.45) is 0 Å². The molecule has 2 rings (SSSR count). The molecule has 0 unspecified atom stereocenters. The number of methoxy groups -OCH3 is 1. The maximum Gasteiger partial charge on any atom is 0.162 e. The molecule has 0 fully saturated rings. The van der Waals surface area contributed by atoms with Crippen molar-refractivity contribution < 1.29 is 9.53 Å². The Balaban J connectivity index is 2.02. The summed E-state index contributed by atoms with van der Waals surface area (Å²) < 4.78 is 5.19. The standard InChI is InChI=1S/C17H22O2/c1-19-16-11-7-8-14(12-16)13-17(18)15-9-5-3-2-4-6-10-15/h7-9,11-12H,2-6,10,13H2,1H3/b15-9+. The van der Waals surface area contributed by atoms with Gasteiger partial charge in [-0.2, -0.15) is 0 Å². The Hall–Kier alpha value is -1.57. The highest BCUT2D eigenvalue weighted by molar-refractivity contribution is 5.96. The molecule has 2 nitrogen and oxygen atoms in total. The highest BCUT2D eigenvalue weighted by Crippen LogP contribution is 2.20. The van der Waals surface area contributed by atoms with Crippen LogP contribution in [0.25, 0.3) is 0 Å². The molecule has 0 amide bonds. The summed E-state index contributed by atoms with van der Waals surface area (Å²) in [5, 5.41) is 0. The summed E-state index contributed by atoms with van der Waals surface area (Å²) in [5.41, 5.74) is 2.06. The van der Waals surface area contributed by atoms with Gasteiger partial charge in [-0.3, -0.25) is 4.79 Å². The molecule has 0 spiro atoms. The minimum absolute atomic E-state index is 0.273. The van der Waals surface area contributed by atoms with E-state index in [0.717, 1.165) is 36.1 Å². The molecule has 0 heterocycles. The molecule has 19 heavy (non-hydrogen) atoms. The second-order valence-electron chi connectivity index (χ2n) is 5.13. The van der Waals surface area contributed by atoms with Gasteiger partial charge in [-0.1, -0.05) is 31.1 Å². The van der Waals surface area contributed by atoms with Crippen molar-refractivity contribution >= 4 is 5.78 Å². The van der Waals surface area contributed by atoms with E-state index in [-0.39, 0.29) is 5.78 Å². The lowest BCUT2D eigenvalue weighted by atomic mass is 9.94. The Bertz CT molecular complexity index is 460. The molecular formula is C17H22O2. The predicted octanol–water partition coefficient (Wildman–Crippen LogP) is 4.09. The van der Waals surface area contributed by atoms with Gasteiger partial charge < -0.3 is 4.74 Å². The van der Waals surface area contributed by atoms with E-state index in [9.17, 15) is 4.79 Å². The number of allylic oxidation sites excluding steroid dienone is 2. The minimum atomic E-state index is 0.273. The Labute approximate surface area is 115 Å². The molecule has 1 aromatic rings. The van der Waals surface area contributed by atoms with Crippen molar-refractivity contribution in [3.05, 3.63) is 41.5 Å². The van der Waals surface area contributed by atoms with Crippen LogP contribution in [-0.2, 0) is 11.2 Å². The van der Waals surface area contributed by atoms with Crippen LogP contribution in [0.4, 0.5) is 0 Å². The number of carbonyl (C=O) groups excluding carboxylic acids is 1.